The quantitative estimate of drug-likeness (QED) is 0.684. The Hall–Kier alpha value is -2.93. The lowest BCUT2D eigenvalue weighted by molar-refractivity contribution is -0.142. The van der Waals surface area contributed by atoms with Gasteiger partial charge in [-0.1, -0.05) is 42.0 Å². The van der Waals surface area contributed by atoms with Crippen LogP contribution in [0, 0.1) is 18.8 Å². The van der Waals surface area contributed by atoms with Crippen LogP contribution in [0.4, 0.5) is 0 Å². The molecule has 2 amide bonds. The highest BCUT2D eigenvalue weighted by Gasteiger charge is 2.67. The number of benzene rings is 1. The maximum absolute atomic E-state index is 13.4. The minimum absolute atomic E-state index is 0.0159. The van der Waals surface area contributed by atoms with E-state index >= 15 is 0 Å². The molecule has 2 aromatic rings. The Morgan fingerprint density at radius 3 is 3.00 bits per heavy atom. The molecule has 3 aliphatic rings. The first kappa shape index (κ1) is 19.1. The van der Waals surface area contributed by atoms with Crippen molar-refractivity contribution < 1.29 is 14.3 Å². The van der Waals surface area contributed by atoms with Gasteiger partial charge in [0, 0.05) is 32.5 Å². The third-order valence-corrected chi connectivity index (χ3v) is 6.52. The van der Waals surface area contributed by atoms with Gasteiger partial charge in [-0.25, -0.2) is 0 Å². The summed E-state index contributed by atoms with van der Waals surface area (Å²) in [6, 6.07) is 10.0. The number of carbonyl (C=O) groups is 2. The normalized spacial score (nSPS) is 28.9. The van der Waals surface area contributed by atoms with Crippen molar-refractivity contribution in [3.63, 3.8) is 0 Å². The van der Waals surface area contributed by atoms with Gasteiger partial charge >= 0.3 is 0 Å². The fraction of sp³-hybridized carbons (Fsp3) is 0.435. The number of rotatable bonds is 6. The molecule has 1 aromatic carbocycles. The summed E-state index contributed by atoms with van der Waals surface area (Å²) in [5, 5.41) is 4.19. The van der Waals surface area contributed by atoms with Crippen molar-refractivity contribution in [2.45, 2.75) is 31.7 Å². The molecule has 0 N–H and O–H groups in total. The SMILES string of the molecule is Cc1cccc(CN2C[C@@]34C=C[C@@H](O3)C(C(=O)N(C)CCn3cccn3)C4C2=O)c1. The second-order valence-electron chi connectivity index (χ2n) is 8.61. The van der Waals surface area contributed by atoms with Crippen LogP contribution in [0.15, 0.2) is 54.9 Å². The number of hydrogen-bond donors (Lipinski definition) is 0. The number of ether oxygens (including phenoxy) is 1. The van der Waals surface area contributed by atoms with E-state index in [4.69, 9.17) is 4.74 Å². The van der Waals surface area contributed by atoms with Crippen LogP contribution >= 0.6 is 0 Å². The maximum atomic E-state index is 13.4. The van der Waals surface area contributed by atoms with Gasteiger partial charge in [0.05, 0.1) is 31.0 Å². The molecule has 2 saturated heterocycles. The van der Waals surface area contributed by atoms with Crippen molar-refractivity contribution >= 4 is 11.8 Å². The number of fused-ring (bicyclic) bond motifs is 1. The molecule has 2 fully saturated rings. The molecule has 1 aromatic heterocycles. The number of aryl methyl sites for hydroxylation is 1. The molecule has 0 aliphatic carbocycles. The fourth-order valence-corrected chi connectivity index (χ4v) is 5.07. The molecule has 7 heteroatoms. The number of aromatic nitrogens is 2. The minimum Gasteiger partial charge on any atom is -0.360 e. The predicted octanol–water partition coefficient (Wildman–Crippen LogP) is 1.63. The molecule has 156 valence electrons. The van der Waals surface area contributed by atoms with Gasteiger partial charge in [0.2, 0.25) is 11.8 Å². The van der Waals surface area contributed by atoms with Crippen LogP contribution < -0.4 is 0 Å². The monoisotopic (exact) mass is 406 g/mol. The van der Waals surface area contributed by atoms with Gasteiger partial charge in [-0.2, -0.15) is 5.10 Å². The first-order chi connectivity index (χ1) is 14.5. The van der Waals surface area contributed by atoms with Crippen LogP contribution in [0.2, 0.25) is 0 Å². The van der Waals surface area contributed by atoms with E-state index in [-0.39, 0.29) is 17.9 Å². The van der Waals surface area contributed by atoms with E-state index in [1.54, 1.807) is 22.8 Å². The average Bonchev–Trinajstić information content (AvgIpc) is 3.49. The maximum Gasteiger partial charge on any atom is 0.230 e. The van der Waals surface area contributed by atoms with Crippen LogP contribution in [-0.2, 0) is 27.4 Å². The van der Waals surface area contributed by atoms with E-state index in [0.717, 1.165) is 5.56 Å². The highest BCUT2D eigenvalue weighted by molar-refractivity contribution is 5.93. The number of nitrogens with zero attached hydrogens (tertiary/aromatic N) is 4. The van der Waals surface area contributed by atoms with Crippen molar-refractivity contribution in [3.05, 3.63) is 66.0 Å². The zero-order chi connectivity index (χ0) is 20.9. The summed E-state index contributed by atoms with van der Waals surface area (Å²) in [5.41, 5.74) is 1.59. The number of amides is 2. The first-order valence-corrected chi connectivity index (χ1v) is 10.4. The van der Waals surface area contributed by atoms with Crippen molar-refractivity contribution in [1.82, 2.24) is 19.6 Å². The van der Waals surface area contributed by atoms with Crippen LogP contribution in [-0.4, -0.2) is 63.2 Å². The Labute approximate surface area is 175 Å². The molecule has 5 rings (SSSR count). The largest absolute Gasteiger partial charge is 0.360 e. The van der Waals surface area contributed by atoms with Crippen molar-refractivity contribution in [1.29, 1.82) is 0 Å². The van der Waals surface area contributed by atoms with Crippen LogP contribution in [0.25, 0.3) is 0 Å². The van der Waals surface area contributed by atoms with Gasteiger partial charge in [0.1, 0.15) is 5.60 Å². The topological polar surface area (TPSA) is 67.7 Å². The van der Waals surface area contributed by atoms with Crippen LogP contribution in [0.5, 0.6) is 0 Å². The van der Waals surface area contributed by atoms with E-state index in [1.165, 1.54) is 5.56 Å². The van der Waals surface area contributed by atoms with E-state index in [0.29, 0.717) is 26.2 Å². The van der Waals surface area contributed by atoms with E-state index < -0.39 is 17.4 Å². The predicted molar refractivity (Wildman–Crippen MR) is 110 cm³/mol. The summed E-state index contributed by atoms with van der Waals surface area (Å²) in [7, 11) is 1.79. The molecule has 1 spiro atoms. The van der Waals surface area contributed by atoms with Crippen molar-refractivity contribution in [3.8, 4) is 0 Å². The summed E-state index contributed by atoms with van der Waals surface area (Å²) in [5.74, 6) is -0.930. The minimum atomic E-state index is -0.672. The molecule has 4 heterocycles. The highest BCUT2D eigenvalue weighted by atomic mass is 16.5. The molecule has 2 bridgehead atoms. The number of hydrogen-bond acceptors (Lipinski definition) is 4. The van der Waals surface area contributed by atoms with Crippen molar-refractivity contribution in [2.75, 3.05) is 20.1 Å². The molecular formula is C23H26N4O3. The van der Waals surface area contributed by atoms with Crippen LogP contribution in [0.3, 0.4) is 0 Å². The lowest BCUT2D eigenvalue weighted by Crippen LogP contribution is -2.45. The van der Waals surface area contributed by atoms with Gasteiger partial charge in [0.25, 0.3) is 0 Å². The molecule has 0 saturated carbocycles. The fourth-order valence-electron chi connectivity index (χ4n) is 5.07. The summed E-state index contributed by atoms with van der Waals surface area (Å²) in [4.78, 5) is 30.2. The summed E-state index contributed by atoms with van der Waals surface area (Å²) >= 11 is 0. The molecule has 2 unspecified atom stereocenters. The van der Waals surface area contributed by atoms with Gasteiger partial charge in [-0.3, -0.25) is 14.3 Å². The summed E-state index contributed by atoms with van der Waals surface area (Å²) in [6.07, 6.45) is 7.24. The first-order valence-electron chi connectivity index (χ1n) is 10.4. The van der Waals surface area contributed by atoms with E-state index in [1.807, 2.05) is 54.4 Å². The Morgan fingerprint density at radius 2 is 2.23 bits per heavy atom. The number of likely N-dealkylation sites (tertiary alicyclic amines) is 1. The van der Waals surface area contributed by atoms with Gasteiger partial charge in [0.15, 0.2) is 0 Å². The standard InChI is InChI=1S/C23H26N4O3/c1-16-5-3-6-17(13-16)14-26-15-23-8-7-18(30-23)19(20(23)22(26)29)21(28)25(2)11-12-27-10-4-9-24-27/h3-10,13,18-20H,11-12,14-15H2,1-2H3/t18-,19?,20?,23-/m1/s1. The highest BCUT2D eigenvalue weighted by Crippen LogP contribution is 2.52. The van der Waals surface area contributed by atoms with Gasteiger partial charge in [-0.15, -0.1) is 0 Å². The summed E-state index contributed by atoms with van der Waals surface area (Å²) < 4.78 is 8.04. The second kappa shape index (κ2) is 7.09. The Bertz CT molecular complexity index is 1000. The van der Waals surface area contributed by atoms with Gasteiger partial charge < -0.3 is 14.5 Å². The molecular weight excluding hydrogens is 380 g/mol. The average molecular weight is 406 g/mol. The number of likely N-dealkylation sites (N-methyl/N-ethyl adjacent to an activating group) is 1. The second-order valence-corrected chi connectivity index (χ2v) is 8.61. The van der Waals surface area contributed by atoms with Crippen LogP contribution in [0.1, 0.15) is 11.1 Å². The molecule has 4 atom stereocenters. The lowest BCUT2D eigenvalue weighted by atomic mass is 9.76. The van der Waals surface area contributed by atoms with E-state index in [9.17, 15) is 9.59 Å². The zero-order valence-corrected chi connectivity index (χ0v) is 17.3. The lowest BCUT2D eigenvalue weighted by Gasteiger charge is -2.27. The summed E-state index contributed by atoms with van der Waals surface area (Å²) in [6.45, 7) is 4.24. The van der Waals surface area contributed by atoms with Gasteiger partial charge in [-0.05, 0) is 18.6 Å². The Morgan fingerprint density at radius 1 is 1.37 bits per heavy atom. The Kier molecular flexibility index (Phi) is 4.50. The molecule has 0 radical (unpaired) electrons. The smallest absolute Gasteiger partial charge is 0.230 e. The molecule has 30 heavy (non-hydrogen) atoms. The number of carbonyl (C=O) groups excluding carboxylic acids is 2. The molecule has 7 nitrogen and oxygen atoms in total. The third-order valence-electron chi connectivity index (χ3n) is 6.52. The zero-order valence-electron chi connectivity index (χ0n) is 17.3. The third kappa shape index (κ3) is 3.04. The van der Waals surface area contributed by atoms with E-state index in [2.05, 4.69) is 11.2 Å². The molecule has 3 aliphatic heterocycles. The Balaban J connectivity index is 1.32. The van der Waals surface area contributed by atoms with Crippen molar-refractivity contribution in [2.24, 2.45) is 11.8 Å².